The molecule has 3 aromatic rings. The van der Waals surface area contributed by atoms with Gasteiger partial charge in [0.25, 0.3) is 0 Å². The number of halogens is 3. The van der Waals surface area contributed by atoms with E-state index in [0.29, 0.717) is 14.8 Å². The highest BCUT2D eigenvalue weighted by Gasteiger charge is 2.57. The molecular formula is C19H11F3N2O3S3. The first-order valence-electron chi connectivity index (χ1n) is 8.74. The monoisotopic (exact) mass is 468 g/mol. The van der Waals surface area contributed by atoms with E-state index in [4.69, 9.17) is 0 Å². The van der Waals surface area contributed by atoms with Crippen molar-refractivity contribution < 1.29 is 22.8 Å². The average Bonchev–Trinajstić information content (AvgIpc) is 3.39. The van der Waals surface area contributed by atoms with Crippen molar-refractivity contribution in [1.82, 2.24) is 4.98 Å². The fourth-order valence-electron chi connectivity index (χ4n) is 3.94. The zero-order valence-corrected chi connectivity index (χ0v) is 17.3. The van der Waals surface area contributed by atoms with E-state index in [1.165, 1.54) is 23.5 Å². The smallest absolute Gasteiger partial charge is 0.307 e. The first-order chi connectivity index (χ1) is 14.3. The van der Waals surface area contributed by atoms with Crippen molar-refractivity contribution >= 4 is 51.9 Å². The second-order valence-corrected chi connectivity index (χ2v) is 9.94. The Balaban J connectivity index is 1.66. The number of carbonyl (C=O) groups excluding carboxylic acids is 2. The molecule has 154 valence electrons. The standard InChI is InChI=1S/C19H11F3N2O3S3/c20-19(21,22)8-4-1-2-5-9(8)24-16(25)12-11(10-6-3-7-28-10)13-15(23-18(27)30-13)29-14(12)17(24)26/h1-7,11-12,14H,(H,23,27)/t11-,12-,14+/m0/s1. The Bertz CT molecular complexity index is 1220. The SMILES string of the molecule is O=C1[C@H]2[C@H](c3cccs3)c3sc(=O)[nH]c3S[C@H]2C(=O)N1c1ccccc1C(F)(F)F. The van der Waals surface area contributed by atoms with Gasteiger partial charge < -0.3 is 4.98 Å². The Kier molecular flexibility index (Phi) is 4.46. The first kappa shape index (κ1) is 19.6. The number of hydrogen-bond acceptors (Lipinski definition) is 6. The molecule has 1 N–H and O–H groups in total. The third-order valence-electron chi connectivity index (χ3n) is 5.12. The predicted octanol–water partition coefficient (Wildman–Crippen LogP) is 4.31. The van der Waals surface area contributed by atoms with Crippen LogP contribution in [0, 0.1) is 5.92 Å². The van der Waals surface area contributed by atoms with Crippen LogP contribution in [0.15, 0.2) is 51.6 Å². The number of thiazole rings is 1. The summed E-state index contributed by atoms with van der Waals surface area (Å²) in [6, 6.07) is 8.18. The molecule has 5 nitrogen and oxygen atoms in total. The summed E-state index contributed by atoms with van der Waals surface area (Å²) in [4.78, 5) is 43.0. The van der Waals surface area contributed by atoms with Gasteiger partial charge in [-0.1, -0.05) is 41.3 Å². The lowest BCUT2D eigenvalue weighted by atomic mass is 9.87. The number of fused-ring (bicyclic) bond motifs is 2. The predicted molar refractivity (Wildman–Crippen MR) is 108 cm³/mol. The second kappa shape index (κ2) is 6.82. The quantitative estimate of drug-likeness (QED) is 0.569. The summed E-state index contributed by atoms with van der Waals surface area (Å²) in [5, 5.41) is 1.40. The molecule has 1 aromatic carbocycles. The molecular weight excluding hydrogens is 457 g/mol. The lowest BCUT2D eigenvalue weighted by Crippen LogP contribution is -2.33. The van der Waals surface area contributed by atoms with E-state index in [1.54, 1.807) is 12.1 Å². The molecule has 30 heavy (non-hydrogen) atoms. The normalized spacial score (nSPS) is 23.6. The van der Waals surface area contributed by atoms with E-state index >= 15 is 0 Å². The van der Waals surface area contributed by atoms with Crippen molar-refractivity contribution in [3.8, 4) is 0 Å². The molecule has 0 unspecified atom stereocenters. The van der Waals surface area contributed by atoms with E-state index in [2.05, 4.69) is 4.98 Å². The largest absolute Gasteiger partial charge is 0.418 e. The number of nitrogens with one attached hydrogen (secondary N) is 1. The van der Waals surface area contributed by atoms with Crippen LogP contribution in [0.4, 0.5) is 18.9 Å². The van der Waals surface area contributed by atoms with Gasteiger partial charge in [-0.25, -0.2) is 4.90 Å². The van der Waals surface area contributed by atoms with Crippen LogP contribution in [0.2, 0.25) is 0 Å². The highest BCUT2D eigenvalue weighted by atomic mass is 32.2. The van der Waals surface area contributed by atoms with Crippen LogP contribution in [0.1, 0.15) is 21.2 Å². The minimum atomic E-state index is -4.71. The van der Waals surface area contributed by atoms with Gasteiger partial charge in [0.15, 0.2) is 0 Å². The molecule has 0 bridgehead atoms. The number of thiophene rings is 1. The summed E-state index contributed by atoms with van der Waals surface area (Å²) in [7, 11) is 0. The van der Waals surface area contributed by atoms with Gasteiger partial charge in [0, 0.05) is 15.7 Å². The molecule has 0 aliphatic carbocycles. The third-order valence-corrected chi connectivity index (χ3v) is 8.48. The average molecular weight is 469 g/mol. The van der Waals surface area contributed by atoms with E-state index in [-0.39, 0.29) is 4.87 Å². The van der Waals surface area contributed by atoms with Crippen molar-refractivity contribution in [3.05, 3.63) is 66.8 Å². The molecule has 1 saturated heterocycles. The van der Waals surface area contributed by atoms with Crippen LogP contribution >= 0.6 is 34.4 Å². The number of H-pyrrole nitrogens is 1. The Hall–Kier alpha value is -2.37. The summed E-state index contributed by atoms with van der Waals surface area (Å²) in [6.07, 6.45) is -4.71. The molecule has 0 saturated carbocycles. The Morgan fingerprint density at radius 1 is 1.00 bits per heavy atom. The zero-order valence-electron chi connectivity index (χ0n) is 14.8. The topological polar surface area (TPSA) is 70.2 Å². The van der Waals surface area contributed by atoms with Crippen molar-refractivity contribution in [1.29, 1.82) is 0 Å². The van der Waals surface area contributed by atoms with Gasteiger partial charge in [-0.2, -0.15) is 13.2 Å². The van der Waals surface area contributed by atoms with E-state index in [0.717, 1.165) is 40.1 Å². The number of alkyl halides is 3. The second-order valence-electron chi connectivity index (χ2n) is 6.79. The van der Waals surface area contributed by atoms with E-state index in [1.807, 2.05) is 5.38 Å². The number of amides is 2. The number of imide groups is 1. The van der Waals surface area contributed by atoms with Gasteiger partial charge in [-0.3, -0.25) is 14.4 Å². The fourth-order valence-corrected chi connectivity index (χ4v) is 7.40. The minimum Gasteiger partial charge on any atom is -0.307 e. The lowest BCUT2D eigenvalue weighted by molar-refractivity contribution is -0.137. The van der Waals surface area contributed by atoms with Crippen LogP contribution in [-0.2, 0) is 15.8 Å². The van der Waals surface area contributed by atoms with Gasteiger partial charge in [-0.15, -0.1) is 11.3 Å². The van der Waals surface area contributed by atoms with Gasteiger partial charge in [0.1, 0.15) is 5.25 Å². The number of benzene rings is 1. The molecule has 2 aliphatic heterocycles. The summed E-state index contributed by atoms with van der Waals surface area (Å²) in [5.74, 6) is -2.83. The molecule has 11 heteroatoms. The molecule has 5 rings (SSSR count). The van der Waals surface area contributed by atoms with E-state index < -0.39 is 46.3 Å². The van der Waals surface area contributed by atoms with Crippen LogP contribution < -0.4 is 9.77 Å². The number of thioether (sulfide) groups is 1. The molecule has 1 fully saturated rings. The number of anilines is 1. The number of aromatic amines is 1. The van der Waals surface area contributed by atoms with Crippen molar-refractivity contribution in [2.75, 3.05) is 4.90 Å². The van der Waals surface area contributed by atoms with Crippen LogP contribution in [0.25, 0.3) is 0 Å². The number of rotatable bonds is 2. The summed E-state index contributed by atoms with van der Waals surface area (Å²) >= 11 is 3.38. The Morgan fingerprint density at radius 2 is 1.77 bits per heavy atom. The molecule has 2 aliphatic rings. The van der Waals surface area contributed by atoms with Crippen LogP contribution in [0.3, 0.4) is 0 Å². The maximum Gasteiger partial charge on any atom is 0.418 e. The van der Waals surface area contributed by atoms with Gasteiger partial charge in [-0.05, 0) is 23.6 Å². The molecule has 4 heterocycles. The third kappa shape index (κ3) is 2.87. The van der Waals surface area contributed by atoms with Gasteiger partial charge in [0.05, 0.1) is 22.2 Å². The number of nitrogens with zero attached hydrogens (tertiary/aromatic N) is 1. The minimum absolute atomic E-state index is 0.298. The summed E-state index contributed by atoms with van der Waals surface area (Å²) < 4.78 is 40.6. The fraction of sp³-hybridized carbons (Fsp3) is 0.211. The van der Waals surface area contributed by atoms with Crippen molar-refractivity contribution in [2.45, 2.75) is 22.4 Å². The number of para-hydroxylation sites is 1. The van der Waals surface area contributed by atoms with Gasteiger partial charge >= 0.3 is 11.0 Å². The van der Waals surface area contributed by atoms with Crippen LogP contribution in [-0.4, -0.2) is 22.0 Å². The van der Waals surface area contributed by atoms with Crippen LogP contribution in [0.5, 0.6) is 0 Å². The summed E-state index contributed by atoms with van der Waals surface area (Å²) in [6.45, 7) is 0. The van der Waals surface area contributed by atoms with Crippen molar-refractivity contribution in [2.24, 2.45) is 5.92 Å². The highest BCUT2D eigenvalue weighted by molar-refractivity contribution is 8.00. The number of carbonyl (C=O) groups is 2. The molecule has 0 spiro atoms. The molecule has 3 atom stereocenters. The highest BCUT2D eigenvalue weighted by Crippen LogP contribution is 2.54. The Labute approximate surface area is 179 Å². The van der Waals surface area contributed by atoms with Gasteiger partial charge in [0.2, 0.25) is 11.8 Å². The number of hydrogen-bond donors (Lipinski definition) is 1. The maximum absolute atomic E-state index is 13.5. The molecule has 0 radical (unpaired) electrons. The lowest BCUT2D eigenvalue weighted by Gasteiger charge is -2.28. The zero-order chi connectivity index (χ0) is 21.2. The first-order valence-corrected chi connectivity index (χ1v) is 11.3. The molecule has 2 amide bonds. The summed E-state index contributed by atoms with van der Waals surface area (Å²) in [5.41, 5.74) is -1.50. The maximum atomic E-state index is 13.5. The van der Waals surface area contributed by atoms with Crippen molar-refractivity contribution in [3.63, 3.8) is 0 Å². The van der Waals surface area contributed by atoms with E-state index in [9.17, 15) is 27.6 Å². The number of aromatic nitrogens is 1. The molecule has 2 aromatic heterocycles. The Morgan fingerprint density at radius 3 is 2.47 bits per heavy atom.